The maximum absolute atomic E-state index is 8.55. The molecule has 6 nitrogen and oxygen atoms in total. The highest BCUT2D eigenvalue weighted by Crippen LogP contribution is 2.16. The van der Waals surface area contributed by atoms with Crippen molar-refractivity contribution in [1.29, 1.82) is 0 Å². The Morgan fingerprint density at radius 1 is 1.44 bits per heavy atom. The maximum Gasteiger partial charge on any atom is 0.140 e. The Labute approximate surface area is 109 Å². The molecular formula is C12H25N3O3. The molecule has 0 aromatic carbocycles. The smallest absolute Gasteiger partial charge is 0.140 e. The Balaban J connectivity index is 2.33. The van der Waals surface area contributed by atoms with E-state index in [1.54, 1.807) is 7.11 Å². The van der Waals surface area contributed by atoms with Crippen molar-refractivity contribution < 1.29 is 14.7 Å². The summed E-state index contributed by atoms with van der Waals surface area (Å²) < 4.78 is 10.5. The van der Waals surface area contributed by atoms with Gasteiger partial charge in [0, 0.05) is 46.4 Å². The average molecular weight is 259 g/mol. The van der Waals surface area contributed by atoms with E-state index in [9.17, 15) is 0 Å². The molecule has 6 heteroatoms. The highest BCUT2D eigenvalue weighted by molar-refractivity contribution is 5.79. The van der Waals surface area contributed by atoms with Crippen molar-refractivity contribution >= 4 is 5.84 Å². The van der Waals surface area contributed by atoms with Crippen LogP contribution in [0.1, 0.15) is 19.3 Å². The number of hydrogen-bond donors (Lipinski definition) is 2. The van der Waals surface area contributed by atoms with Crippen molar-refractivity contribution in [3.8, 4) is 0 Å². The monoisotopic (exact) mass is 259 g/mol. The average Bonchev–Trinajstić information content (AvgIpc) is 2.42. The molecule has 0 aliphatic carbocycles. The van der Waals surface area contributed by atoms with Crippen molar-refractivity contribution in [3.63, 3.8) is 0 Å². The highest BCUT2D eigenvalue weighted by Gasteiger charge is 2.17. The molecule has 0 spiro atoms. The fourth-order valence-corrected chi connectivity index (χ4v) is 2.13. The molecule has 0 saturated carbocycles. The van der Waals surface area contributed by atoms with Crippen LogP contribution in [0, 0.1) is 5.92 Å². The molecule has 0 amide bonds. The number of oxime groups is 1. The van der Waals surface area contributed by atoms with Crippen LogP contribution < -0.4 is 5.73 Å². The Kier molecular flexibility index (Phi) is 7.71. The van der Waals surface area contributed by atoms with Gasteiger partial charge in [0.25, 0.3) is 0 Å². The number of nitrogens with two attached hydrogens (primary N) is 1. The van der Waals surface area contributed by atoms with Crippen LogP contribution in [0.3, 0.4) is 0 Å². The summed E-state index contributed by atoms with van der Waals surface area (Å²) in [4.78, 5) is 2.32. The van der Waals surface area contributed by atoms with E-state index in [2.05, 4.69) is 10.1 Å². The summed E-state index contributed by atoms with van der Waals surface area (Å²) in [6, 6.07) is 0. The molecule has 1 aliphatic heterocycles. The Hall–Kier alpha value is -0.850. The third-order valence-electron chi connectivity index (χ3n) is 3.28. The molecule has 0 bridgehead atoms. The molecule has 0 aromatic heterocycles. The highest BCUT2D eigenvalue weighted by atomic mass is 16.5. The van der Waals surface area contributed by atoms with Crippen LogP contribution in [0.5, 0.6) is 0 Å². The number of hydrogen-bond acceptors (Lipinski definition) is 5. The second-order valence-corrected chi connectivity index (χ2v) is 4.69. The molecule has 0 aromatic rings. The summed E-state index contributed by atoms with van der Waals surface area (Å²) in [6.07, 6.45) is 2.82. The van der Waals surface area contributed by atoms with E-state index in [1.165, 1.54) is 0 Å². The van der Waals surface area contributed by atoms with Gasteiger partial charge in [0.2, 0.25) is 0 Å². The minimum Gasteiger partial charge on any atom is -0.409 e. The summed E-state index contributed by atoms with van der Waals surface area (Å²) in [6.45, 7) is 5.15. The summed E-state index contributed by atoms with van der Waals surface area (Å²) in [5.41, 5.74) is 5.51. The number of amidine groups is 1. The predicted octanol–water partition coefficient (Wildman–Crippen LogP) is 0.498. The minimum absolute atomic E-state index is 0.282. The predicted molar refractivity (Wildman–Crippen MR) is 69.9 cm³/mol. The van der Waals surface area contributed by atoms with Crippen LogP contribution in [-0.4, -0.2) is 62.5 Å². The number of rotatable bonds is 8. The van der Waals surface area contributed by atoms with Gasteiger partial charge in [-0.15, -0.1) is 0 Å². The first-order valence-electron chi connectivity index (χ1n) is 6.51. The molecule has 18 heavy (non-hydrogen) atoms. The van der Waals surface area contributed by atoms with Crippen molar-refractivity contribution in [2.45, 2.75) is 19.3 Å². The van der Waals surface area contributed by atoms with Gasteiger partial charge in [-0.3, -0.25) is 0 Å². The van der Waals surface area contributed by atoms with Crippen LogP contribution >= 0.6 is 0 Å². The Morgan fingerprint density at radius 2 is 2.17 bits per heavy atom. The van der Waals surface area contributed by atoms with Crippen molar-refractivity contribution in [3.05, 3.63) is 0 Å². The van der Waals surface area contributed by atoms with E-state index in [-0.39, 0.29) is 5.84 Å². The zero-order valence-corrected chi connectivity index (χ0v) is 11.2. The molecule has 0 atom stereocenters. The largest absolute Gasteiger partial charge is 0.409 e. The lowest BCUT2D eigenvalue weighted by atomic mass is 9.99. The number of nitrogens with zero attached hydrogens (tertiary/aromatic N) is 2. The van der Waals surface area contributed by atoms with Crippen LogP contribution in [0.4, 0.5) is 0 Å². The van der Waals surface area contributed by atoms with Crippen LogP contribution in [0.2, 0.25) is 0 Å². The van der Waals surface area contributed by atoms with E-state index < -0.39 is 0 Å². The van der Waals surface area contributed by atoms with Gasteiger partial charge in [-0.2, -0.15) is 0 Å². The standard InChI is InChI=1S/C12H25N3O3/c1-17-9-6-15(5-2-12(13)14-16)10-11-3-7-18-8-4-11/h11,16H,2-10H2,1H3,(H2,13,14). The van der Waals surface area contributed by atoms with E-state index in [0.717, 1.165) is 45.7 Å². The zero-order chi connectivity index (χ0) is 13.2. The van der Waals surface area contributed by atoms with Crippen molar-refractivity contribution in [1.82, 2.24) is 4.90 Å². The molecular weight excluding hydrogens is 234 g/mol. The normalized spacial score (nSPS) is 18.4. The molecule has 3 N–H and O–H groups in total. The van der Waals surface area contributed by atoms with Gasteiger partial charge in [0.05, 0.1) is 6.61 Å². The van der Waals surface area contributed by atoms with Crippen molar-refractivity contribution in [2.24, 2.45) is 16.8 Å². The molecule has 1 aliphatic rings. The van der Waals surface area contributed by atoms with Crippen LogP contribution in [0.25, 0.3) is 0 Å². The summed E-state index contributed by atoms with van der Waals surface area (Å²) in [7, 11) is 1.70. The molecule has 1 rings (SSSR count). The van der Waals surface area contributed by atoms with E-state index in [1.807, 2.05) is 0 Å². The third kappa shape index (κ3) is 6.18. The lowest BCUT2D eigenvalue weighted by Crippen LogP contribution is -2.36. The van der Waals surface area contributed by atoms with Crippen LogP contribution in [-0.2, 0) is 9.47 Å². The van der Waals surface area contributed by atoms with Gasteiger partial charge in [-0.05, 0) is 18.8 Å². The molecule has 0 unspecified atom stereocenters. The van der Waals surface area contributed by atoms with Gasteiger partial charge in [-0.1, -0.05) is 5.16 Å². The quantitative estimate of drug-likeness (QED) is 0.287. The maximum atomic E-state index is 8.55. The minimum atomic E-state index is 0.282. The lowest BCUT2D eigenvalue weighted by Gasteiger charge is -2.29. The molecule has 1 saturated heterocycles. The summed E-state index contributed by atoms with van der Waals surface area (Å²) in [5, 5.41) is 11.6. The second-order valence-electron chi connectivity index (χ2n) is 4.69. The third-order valence-corrected chi connectivity index (χ3v) is 3.28. The van der Waals surface area contributed by atoms with Gasteiger partial charge in [-0.25, -0.2) is 0 Å². The Bertz CT molecular complexity index is 243. The fourth-order valence-electron chi connectivity index (χ4n) is 2.13. The first-order chi connectivity index (χ1) is 8.76. The zero-order valence-electron chi connectivity index (χ0n) is 11.2. The van der Waals surface area contributed by atoms with E-state index in [4.69, 9.17) is 20.4 Å². The topological polar surface area (TPSA) is 80.3 Å². The Morgan fingerprint density at radius 3 is 2.78 bits per heavy atom. The van der Waals surface area contributed by atoms with Gasteiger partial charge < -0.3 is 25.3 Å². The first kappa shape index (κ1) is 15.2. The van der Waals surface area contributed by atoms with Gasteiger partial charge in [0.15, 0.2) is 0 Å². The van der Waals surface area contributed by atoms with Crippen LogP contribution in [0.15, 0.2) is 5.16 Å². The molecule has 106 valence electrons. The SMILES string of the molecule is COCCN(CC/C(N)=N/O)CC1CCOCC1. The van der Waals surface area contributed by atoms with Crippen molar-refractivity contribution in [2.75, 3.05) is 46.6 Å². The van der Waals surface area contributed by atoms with Gasteiger partial charge in [0.1, 0.15) is 5.84 Å². The lowest BCUT2D eigenvalue weighted by molar-refractivity contribution is 0.0485. The first-order valence-corrected chi connectivity index (χ1v) is 6.51. The molecule has 1 fully saturated rings. The van der Waals surface area contributed by atoms with E-state index >= 15 is 0 Å². The second kappa shape index (κ2) is 9.13. The summed E-state index contributed by atoms with van der Waals surface area (Å²) in [5.74, 6) is 0.965. The summed E-state index contributed by atoms with van der Waals surface area (Å²) >= 11 is 0. The van der Waals surface area contributed by atoms with E-state index in [0.29, 0.717) is 18.9 Å². The fraction of sp³-hybridized carbons (Fsp3) is 0.917. The molecule has 1 heterocycles. The number of ether oxygens (including phenoxy) is 2. The molecule has 0 radical (unpaired) electrons. The van der Waals surface area contributed by atoms with Gasteiger partial charge >= 0.3 is 0 Å². The number of methoxy groups -OCH3 is 1.